The molecule has 0 aliphatic rings. The Morgan fingerprint density at radius 3 is 2.53 bits per heavy atom. The third-order valence-corrected chi connectivity index (χ3v) is 6.08. The van der Waals surface area contributed by atoms with Crippen LogP contribution in [-0.4, -0.2) is 28.5 Å². The Balaban J connectivity index is 1.41. The molecule has 5 nitrogen and oxygen atoms in total. The van der Waals surface area contributed by atoms with Crippen molar-refractivity contribution in [3.8, 4) is 5.75 Å². The van der Waals surface area contributed by atoms with Crippen LogP contribution >= 0.6 is 23.1 Å². The Bertz CT molecular complexity index is 978. The van der Waals surface area contributed by atoms with Gasteiger partial charge in [0.15, 0.2) is 10.9 Å². The summed E-state index contributed by atoms with van der Waals surface area (Å²) in [4.78, 5) is 12.1. The van der Waals surface area contributed by atoms with Gasteiger partial charge in [-0.3, -0.25) is 10.1 Å². The van der Waals surface area contributed by atoms with Crippen LogP contribution in [0.3, 0.4) is 0 Å². The highest BCUT2D eigenvalue weighted by Crippen LogP contribution is 2.26. The van der Waals surface area contributed by atoms with E-state index in [0.29, 0.717) is 10.9 Å². The highest BCUT2D eigenvalue weighted by atomic mass is 32.2. The van der Waals surface area contributed by atoms with Crippen molar-refractivity contribution >= 4 is 40.2 Å². The number of amides is 1. The number of rotatable bonds is 8. The molecule has 0 radical (unpaired) electrons. The standard InChI is InChI=1S/C23H25N3O2S2/c1-23(2,3)18-11-13-19(14-12-18)28-16-20(27)24-21-25-26-22(30-21)29-15-7-10-17-8-5-4-6-9-17/h4-14H,15-16H2,1-3H3,(H,24,25,27)/b10-7+. The molecule has 0 saturated carbocycles. The van der Waals surface area contributed by atoms with E-state index in [-0.39, 0.29) is 17.9 Å². The zero-order chi connectivity index (χ0) is 21.4. The summed E-state index contributed by atoms with van der Waals surface area (Å²) < 4.78 is 6.37. The third-order valence-electron chi connectivity index (χ3n) is 4.16. The van der Waals surface area contributed by atoms with Crippen molar-refractivity contribution < 1.29 is 9.53 Å². The lowest BCUT2D eigenvalue weighted by atomic mass is 9.87. The molecule has 1 N–H and O–H groups in total. The first-order chi connectivity index (χ1) is 14.4. The number of aromatic nitrogens is 2. The van der Waals surface area contributed by atoms with E-state index in [2.05, 4.69) is 60.6 Å². The average Bonchev–Trinajstić information content (AvgIpc) is 3.17. The van der Waals surface area contributed by atoms with Gasteiger partial charge in [-0.25, -0.2) is 0 Å². The van der Waals surface area contributed by atoms with Crippen molar-refractivity contribution in [1.29, 1.82) is 0 Å². The first-order valence-electron chi connectivity index (χ1n) is 9.61. The zero-order valence-electron chi connectivity index (χ0n) is 17.3. The maximum absolute atomic E-state index is 12.1. The molecule has 156 valence electrons. The molecule has 0 atom stereocenters. The molecule has 7 heteroatoms. The molecule has 0 spiro atoms. The summed E-state index contributed by atoms with van der Waals surface area (Å²) in [6.45, 7) is 6.40. The first-order valence-corrected chi connectivity index (χ1v) is 11.4. The summed E-state index contributed by atoms with van der Waals surface area (Å²) >= 11 is 2.93. The number of thioether (sulfide) groups is 1. The van der Waals surface area contributed by atoms with Gasteiger partial charge in [0, 0.05) is 5.75 Å². The number of ether oxygens (including phenoxy) is 1. The van der Waals surface area contributed by atoms with Crippen LogP contribution in [0.25, 0.3) is 6.08 Å². The predicted octanol–water partition coefficient (Wildman–Crippen LogP) is 5.66. The van der Waals surface area contributed by atoms with Gasteiger partial charge < -0.3 is 4.74 Å². The van der Waals surface area contributed by atoms with E-state index in [4.69, 9.17) is 4.74 Å². The molecule has 0 aliphatic carbocycles. The van der Waals surface area contributed by atoms with E-state index in [9.17, 15) is 4.79 Å². The smallest absolute Gasteiger partial charge is 0.264 e. The number of hydrogen-bond donors (Lipinski definition) is 1. The Kier molecular flexibility index (Phi) is 7.65. The first kappa shape index (κ1) is 22.1. The van der Waals surface area contributed by atoms with E-state index >= 15 is 0 Å². The van der Waals surface area contributed by atoms with Gasteiger partial charge in [-0.2, -0.15) is 0 Å². The largest absolute Gasteiger partial charge is 0.484 e. The SMILES string of the molecule is CC(C)(C)c1ccc(OCC(=O)Nc2nnc(SC/C=C/c3ccccc3)s2)cc1. The maximum Gasteiger partial charge on any atom is 0.264 e. The molecule has 30 heavy (non-hydrogen) atoms. The minimum atomic E-state index is -0.258. The highest BCUT2D eigenvalue weighted by Gasteiger charge is 2.13. The molecule has 0 saturated heterocycles. The van der Waals surface area contributed by atoms with Crippen LogP contribution in [-0.2, 0) is 10.2 Å². The van der Waals surface area contributed by atoms with Crippen LogP contribution in [0.15, 0.2) is 65.0 Å². The minimum absolute atomic E-state index is 0.0727. The second kappa shape index (κ2) is 10.4. The summed E-state index contributed by atoms with van der Waals surface area (Å²) in [7, 11) is 0. The molecule has 0 unspecified atom stereocenters. The Morgan fingerprint density at radius 2 is 1.83 bits per heavy atom. The maximum atomic E-state index is 12.1. The van der Waals surface area contributed by atoms with Gasteiger partial charge in [0.25, 0.3) is 5.91 Å². The molecule has 1 heterocycles. The molecule has 1 amide bonds. The van der Waals surface area contributed by atoms with Gasteiger partial charge in [-0.05, 0) is 28.7 Å². The van der Waals surface area contributed by atoms with Crippen molar-refractivity contribution in [2.75, 3.05) is 17.7 Å². The van der Waals surface area contributed by atoms with Crippen LogP contribution in [0.1, 0.15) is 31.9 Å². The fraction of sp³-hybridized carbons (Fsp3) is 0.261. The van der Waals surface area contributed by atoms with E-state index in [0.717, 1.165) is 15.7 Å². The van der Waals surface area contributed by atoms with Crippen LogP contribution < -0.4 is 10.1 Å². The van der Waals surface area contributed by atoms with E-state index in [1.54, 1.807) is 11.8 Å². The summed E-state index contributed by atoms with van der Waals surface area (Å²) in [6.07, 6.45) is 4.15. The van der Waals surface area contributed by atoms with Gasteiger partial charge in [-0.15, -0.1) is 10.2 Å². The Hall–Kier alpha value is -2.64. The van der Waals surface area contributed by atoms with Gasteiger partial charge in [-0.1, -0.05) is 98.5 Å². The Labute approximate surface area is 185 Å². The number of nitrogens with zero attached hydrogens (tertiary/aromatic N) is 2. The van der Waals surface area contributed by atoms with Crippen molar-refractivity contribution in [2.24, 2.45) is 0 Å². The molecular formula is C23H25N3O2S2. The molecular weight excluding hydrogens is 414 g/mol. The molecule has 0 bridgehead atoms. The number of nitrogens with one attached hydrogen (secondary N) is 1. The topological polar surface area (TPSA) is 64.1 Å². The summed E-state index contributed by atoms with van der Waals surface area (Å²) in [5.41, 5.74) is 2.47. The number of benzene rings is 2. The quantitative estimate of drug-likeness (QED) is 0.362. The van der Waals surface area contributed by atoms with Crippen LogP contribution in [0.5, 0.6) is 5.75 Å². The second-order valence-electron chi connectivity index (χ2n) is 7.61. The van der Waals surface area contributed by atoms with E-state index in [1.165, 1.54) is 16.9 Å². The number of carbonyl (C=O) groups is 1. The summed E-state index contributed by atoms with van der Waals surface area (Å²) in [5, 5.41) is 11.3. The normalized spacial score (nSPS) is 11.6. The van der Waals surface area contributed by atoms with Crippen LogP contribution in [0.2, 0.25) is 0 Å². The lowest BCUT2D eigenvalue weighted by Crippen LogP contribution is -2.20. The van der Waals surface area contributed by atoms with E-state index < -0.39 is 0 Å². The lowest BCUT2D eigenvalue weighted by molar-refractivity contribution is -0.118. The average molecular weight is 440 g/mol. The molecule has 3 aromatic rings. The van der Waals surface area contributed by atoms with Crippen molar-refractivity contribution in [1.82, 2.24) is 10.2 Å². The summed E-state index contributed by atoms with van der Waals surface area (Å²) in [6, 6.07) is 17.9. The summed E-state index contributed by atoms with van der Waals surface area (Å²) in [5.74, 6) is 1.19. The number of carbonyl (C=O) groups excluding carboxylic acids is 1. The number of anilines is 1. The monoisotopic (exact) mass is 439 g/mol. The third kappa shape index (κ3) is 7.00. The molecule has 0 aliphatic heterocycles. The fourth-order valence-corrected chi connectivity index (χ4v) is 4.15. The predicted molar refractivity (Wildman–Crippen MR) is 125 cm³/mol. The minimum Gasteiger partial charge on any atom is -0.484 e. The molecule has 1 aromatic heterocycles. The fourth-order valence-electron chi connectivity index (χ4n) is 2.54. The van der Waals surface area contributed by atoms with Crippen molar-refractivity contribution in [3.63, 3.8) is 0 Å². The molecule has 3 rings (SSSR count). The number of hydrogen-bond acceptors (Lipinski definition) is 6. The van der Waals surface area contributed by atoms with Crippen molar-refractivity contribution in [3.05, 3.63) is 71.8 Å². The van der Waals surface area contributed by atoms with E-state index in [1.807, 2.05) is 42.5 Å². The highest BCUT2D eigenvalue weighted by molar-refractivity contribution is 8.01. The lowest BCUT2D eigenvalue weighted by Gasteiger charge is -2.19. The molecule has 2 aromatic carbocycles. The van der Waals surface area contributed by atoms with Crippen LogP contribution in [0, 0.1) is 0 Å². The second-order valence-corrected chi connectivity index (χ2v) is 9.85. The zero-order valence-corrected chi connectivity index (χ0v) is 18.9. The van der Waals surface area contributed by atoms with Gasteiger partial charge in [0.1, 0.15) is 5.75 Å². The Morgan fingerprint density at radius 1 is 1.10 bits per heavy atom. The molecule has 0 fully saturated rings. The van der Waals surface area contributed by atoms with Gasteiger partial charge in [0.2, 0.25) is 5.13 Å². The van der Waals surface area contributed by atoms with Gasteiger partial charge >= 0.3 is 0 Å². The van der Waals surface area contributed by atoms with Gasteiger partial charge in [0.05, 0.1) is 0 Å². The van der Waals surface area contributed by atoms with Crippen LogP contribution in [0.4, 0.5) is 5.13 Å². The van der Waals surface area contributed by atoms with Crippen molar-refractivity contribution in [2.45, 2.75) is 30.5 Å².